The summed E-state index contributed by atoms with van der Waals surface area (Å²) in [6.07, 6.45) is 5.91. The summed E-state index contributed by atoms with van der Waals surface area (Å²) in [6.45, 7) is 1.90. The highest BCUT2D eigenvalue weighted by Gasteiger charge is 2.28. The molecule has 7 heteroatoms. The molecule has 1 unspecified atom stereocenters. The number of hydrogen-bond donors (Lipinski definition) is 1. The number of anilines is 1. The molecule has 20 heavy (non-hydrogen) atoms. The molecule has 1 aliphatic heterocycles. The summed E-state index contributed by atoms with van der Waals surface area (Å²) in [5, 5.41) is 3.29. The molecule has 0 bridgehead atoms. The molecule has 2 aromatic heterocycles. The van der Waals surface area contributed by atoms with Gasteiger partial charge in [0.05, 0.1) is 17.2 Å². The zero-order chi connectivity index (χ0) is 14.2. The Bertz CT molecular complexity index is 723. The highest BCUT2D eigenvalue weighted by atomic mass is 32.2. The molecule has 3 rings (SSSR count). The van der Waals surface area contributed by atoms with Crippen LogP contribution >= 0.6 is 0 Å². The molecule has 1 saturated heterocycles. The quantitative estimate of drug-likeness (QED) is 0.919. The van der Waals surface area contributed by atoms with Crippen molar-refractivity contribution in [3.05, 3.63) is 36.5 Å². The third kappa shape index (κ3) is 2.53. The molecule has 1 N–H and O–H groups in total. The van der Waals surface area contributed by atoms with Crippen LogP contribution in [0.5, 0.6) is 0 Å². The van der Waals surface area contributed by atoms with Gasteiger partial charge in [-0.2, -0.15) is 0 Å². The maximum atomic E-state index is 11.5. The monoisotopic (exact) mass is 292 g/mol. The van der Waals surface area contributed by atoms with Crippen LogP contribution in [0.4, 0.5) is 5.69 Å². The fourth-order valence-corrected chi connectivity index (χ4v) is 4.11. The normalized spacial score (nSPS) is 20.9. The van der Waals surface area contributed by atoms with Gasteiger partial charge >= 0.3 is 0 Å². The summed E-state index contributed by atoms with van der Waals surface area (Å²) in [7, 11) is -2.89. The number of sulfone groups is 1. The van der Waals surface area contributed by atoms with Gasteiger partial charge in [-0.15, -0.1) is 0 Å². The maximum absolute atomic E-state index is 11.5. The summed E-state index contributed by atoms with van der Waals surface area (Å²) in [5.74, 6) is 2.02. The number of aryl methyl sites for hydroxylation is 1. The van der Waals surface area contributed by atoms with E-state index in [0.717, 1.165) is 17.3 Å². The van der Waals surface area contributed by atoms with Gasteiger partial charge in [0.25, 0.3) is 0 Å². The summed E-state index contributed by atoms with van der Waals surface area (Å²) in [5.41, 5.74) is 0.829. The van der Waals surface area contributed by atoms with Crippen LogP contribution in [0.3, 0.4) is 0 Å². The average Bonchev–Trinajstić information content (AvgIpc) is 2.96. The number of nitrogens with one attached hydrogen (secondary N) is 1. The van der Waals surface area contributed by atoms with Crippen molar-refractivity contribution in [1.29, 1.82) is 0 Å². The Balaban J connectivity index is 1.90. The smallest absolute Gasteiger partial charge is 0.161 e. The minimum Gasteiger partial charge on any atom is -0.378 e. The van der Waals surface area contributed by atoms with Crippen LogP contribution in [0.25, 0.3) is 5.82 Å². The molecule has 1 fully saturated rings. The third-order valence-electron chi connectivity index (χ3n) is 3.43. The van der Waals surface area contributed by atoms with Gasteiger partial charge in [0.15, 0.2) is 15.7 Å². The highest BCUT2D eigenvalue weighted by Crippen LogP contribution is 2.22. The van der Waals surface area contributed by atoms with Crippen LogP contribution in [0.15, 0.2) is 30.7 Å². The zero-order valence-corrected chi connectivity index (χ0v) is 12.0. The van der Waals surface area contributed by atoms with Gasteiger partial charge in [0.2, 0.25) is 0 Å². The Morgan fingerprint density at radius 3 is 2.85 bits per heavy atom. The Labute approximate surface area is 117 Å². The van der Waals surface area contributed by atoms with E-state index in [-0.39, 0.29) is 17.5 Å². The Kier molecular flexibility index (Phi) is 3.21. The van der Waals surface area contributed by atoms with Gasteiger partial charge in [-0.1, -0.05) is 0 Å². The first-order valence-electron chi connectivity index (χ1n) is 6.47. The molecule has 3 heterocycles. The van der Waals surface area contributed by atoms with Crippen molar-refractivity contribution in [1.82, 2.24) is 14.5 Å². The lowest BCUT2D eigenvalue weighted by atomic mass is 10.2. The van der Waals surface area contributed by atoms with E-state index in [2.05, 4.69) is 15.3 Å². The lowest BCUT2D eigenvalue weighted by Gasteiger charge is -2.16. The summed E-state index contributed by atoms with van der Waals surface area (Å²) in [4.78, 5) is 8.56. The first kappa shape index (κ1) is 13.1. The molecule has 1 atom stereocenters. The summed E-state index contributed by atoms with van der Waals surface area (Å²) >= 11 is 0. The Morgan fingerprint density at radius 1 is 1.35 bits per heavy atom. The van der Waals surface area contributed by atoms with Gasteiger partial charge in [0, 0.05) is 24.6 Å². The molecular formula is C13H16N4O2S. The predicted molar refractivity (Wildman–Crippen MR) is 76.8 cm³/mol. The summed E-state index contributed by atoms with van der Waals surface area (Å²) in [6, 6.07) is 3.70. The first-order chi connectivity index (χ1) is 9.55. The second-order valence-corrected chi connectivity index (χ2v) is 7.19. The van der Waals surface area contributed by atoms with E-state index in [9.17, 15) is 8.42 Å². The maximum Gasteiger partial charge on any atom is 0.161 e. The number of aromatic nitrogens is 3. The molecule has 106 valence electrons. The lowest BCUT2D eigenvalue weighted by molar-refractivity contribution is 0.602. The molecule has 0 amide bonds. The largest absolute Gasteiger partial charge is 0.378 e. The molecule has 1 aliphatic rings. The molecule has 0 spiro atoms. The van der Waals surface area contributed by atoms with E-state index in [1.54, 1.807) is 12.4 Å². The minimum atomic E-state index is -2.89. The van der Waals surface area contributed by atoms with Crippen LogP contribution in [0.1, 0.15) is 12.2 Å². The number of pyridine rings is 1. The predicted octanol–water partition coefficient (Wildman–Crippen LogP) is 1.17. The topological polar surface area (TPSA) is 76.9 Å². The zero-order valence-electron chi connectivity index (χ0n) is 11.2. The Morgan fingerprint density at radius 2 is 2.20 bits per heavy atom. The fourth-order valence-electron chi connectivity index (χ4n) is 2.43. The van der Waals surface area contributed by atoms with Crippen molar-refractivity contribution in [2.75, 3.05) is 16.8 Å². The third-order valence-corrected chi connectivity index (χ3v) is 5.20. The standard InChI is InChI=1S/C13H16N4O2S/c1-10-14-6-7-17(10)13-12(3-2-5-15-13)16-11-4-8-20(18,19)9-11/h2-3,5-7,11,16H,4,8-9H2,1H3. The number of hydrogen-bond acceptors (Lipinski definition) is 5. The molecule has 0 aliphatic carbocycles. The average molecular weight is 292 g/mol. The molecule has 2 aromatic rings. The second-order valence-electron chi connectivity index (χ2n) is 4.96. The van der Waals surface area contributed by atoms with Crippen LogP contribution in [0.2, 0.25) is 0 Å². The van der Waals surface area contributed by atoms with Gasteiger partial charge in [-0.3, -0.25) is 4.57 Å². The molecule has 6 nitrogen and oxygen atoms in total. The van der Waals surface area contributed by atoms with E-state index < -0.39 is 9.84 Å². The van der Waals surface area contributed by atoms with E-state index in [4.69, 9.17) is 0 Å². The van der Waals surface area contributed by atoms with Gasteiger partial charge in [0.1, 0.15) is 5.82 Å². The molecular weight excluding hydrogens is 276 g/mol. The molecule has 0 saturated carbocycles. The van der Waals surface area contributed by atoms with Crippen molar-refractivity contribution in [3.8, 4) is 5.82 Å². The minimum absolute atomic E-state index is 0.0493. The number of imidazole rings is 1. The van der Waals surface area contributed by atoms with Crippen LogP contribution in [-0.4, -0.2) is 40.5 Å². The van der Waals surface area contributed by atoms with Crippen molar-refractivity contribution < 1.29 is 8.42 Å². The van der Waals surface area contributed by atoms with Crippen molar-refractivity contribution in [3.63, 3.8) is 0 Å². The summed E-state index contributed by atoms with van der Waals surface area (Å²) < 4.78 is 24.9. The Hall–Kier alpha value is -1.89. The number of nitrogens with zero attached hydrogens (tertiary/aromatic N) is 3. The molecule has 0 radical (unpaired) electrons. The fraction of sp³-hybridized carbons (Fsp3) is 0.385. The van der Waals surface area contributed by atoms with Gasteiger partial charge in [-0.25, -0.2) is 18.4 Å². The van der Waals surface area contributed by atoms with E-state index >= 15 is 0 Å². The van der Waals surface area contributed by atoms with Gasteiger partial charge in [-0.05, 0) is 25.5 Å². The van der Waals surface area contributed by atoms with Gasteiger partial charge < -0.3 is 5.32 Å². The van der Waals surface area contributed by atoms with E-state index in [0.29, 0.717) is 6.42 Å². The molecule has 0 aromatic carbocycles. The van der Waals surface area contributed by atoms with Crippen molar-refractivity contribution >= 4 is 15.5 Å². The van der Waals surface area contributed by atoms with Crippen LogP contribution in [0, 0.1) is 6.92 Å². The SMILES string of the molecule is Cc1nccn1-c1ncccc1NC1CCS(=O)(=O)C1. The first-order valence-corrected chi connectivity index (χ1v) is 8.29. The van der Waals surface area contributed by atoms with Crippen LogP contribution < -0.4 is 5.32 Å². The van der Waals surface area contributed by atoms with E-state index in [1.165, 1.54) is 0 Å². The van der Waals surface area contributed by atoms with E-state index in [1.807, 2.05) is 29.8 Å². The van der Waals surface area contributed by atoms with Crippen molar-refractivity contribution in [2.45, 2.75) is 19.4 Å². The highest BCUT2D eigenvalue weighted by molar-refractivity contribution is 7.91. The van der Waals surface area contributed by atoms with Crippen LogP contribution in [-0.2, 0) is 9.84 Å². The van der Waals surface area contributed by atoms with Crippen molar-refractivity contribution in [2.24, 2.45) is 0 Å². The lowest BCUT2D eigenvalue weighted by Crippen LogP contribution is -2.21. The second kappa shape index (κ2) is 4.90. The number of rotatable bonds is 3.